The Morgan fingerprint density at radius 1 is 1.30 bits per heavy atom. The number of ether oxygens (including phenoxy) is 1. The molecule has 0 atom stereocenters. The normalized spacial score (nSPS) is 10.9. The number of carboxylic acid groups (broad SMARTS) is 1. The third-order valence-electron chi connectivity index (χ3n) is 2.62. The fourth-order valence-electron chi connectivity index (χ4n) is 1.68. The molecule has 1 aromatic carbocycles. The number of hydrogen-bond donors (Lipinski definition) is 3. The van der Waals surface area contributed by atoms with Gasteiger partial charge in [0.2, 0.25) is 0 Å². The lowest BCUT2D eigenvalue weighted by molar-refractivity contribution is -0.00663. The van der Waals surface area contributed by atoms with Gasteiger partial charge in [-0.05, 0) is 32.9 Å². The number of anilines is 1. The van der Waals surface area contributed by atoms with E-state index in [1.165, 1.54) is 12.1 Å². The van der Waals surface area contributed by atoms with Gasteiger partial charge in [0.15, 0.2) is 0 Å². The lowest BCUT2D eigenvalue weighted by Crippen LogP contribution is -2.42. The van der Waals surface area contributed by atoms with Crippen LogP contribution >= 0.6 is 0 Å². The van der Waals surface area contributed by atoms with Crippen LogP contribution in [0, 0.1) is 0 Å². The van der Waals surface area contributed by atoms with Crippen LogP contribution < -0.4 is 10.6 Å². The van der Waals surface area contributed by atoms with Crippen LogP contribution in [-0.4, -0.2) is 35.9 Å². The maximum atomic E-state index is 11.8. The summed E-state index contributed by atoms with van der Waals surface area (Å²) in [5.74, 6) is -1.09. The van der Waals surface area contributed by atoms with Crippen LogP contribution in [-0.2, 0) is 4.74 Å². The SMILES string of the molecule is CCOC(C)(C)CNC(=O)Nc1ccccc1C(=O)O. The molecule has 0 fully saturated rings. The molecule has 20 heavy (non-hydrogen) atoms. The summed E-state index contributed by atoms with van der Waals surface area (Å²) in [4.78, 5) is 22.8. The summed E-state index contributed by atoms with van der Waals surface area (Å²) in [7, 11) is 0. The number of carbonyl (C=O) groups is 2. The first-order valence-electron chi connectivity index (χ1n) is 6.37. The number of carboxylic acids is 1. The highest BCUT2D eigenvalue weighted by molar-refractivity contribution is 5.99. The second kappa shape index (κ2) is 6.91. The van der Waals surface area contributed by atoms with Crippen molar-refractivity contribution in [2.45, 2.75) is 26.4 Å². The van der Waals surface area contributed by atoms with E-state index in [2.05, 4.69) is 10.6 Å². The van der Waals surface area contributed by atoms with Crippen molar-refractivity contribution < 1.29 is 19.4 Å². The second-order valence-electron chi connectivity index (χ2n) is 4.85. The second-order valence-corrected chi connectivity index (χ2v) is 4.85. The molecule has 0 saturated carbocycles. The molecule has 1 aromatic rings. The monoisotopic (exact) mass is 280 g/mol. The highest BCUT2D eigenvalue weighted by atomic mass is 16.5. The fourth-order valence-corrected chi connectivity index (χ4v) is 1.68. The molecule has 1 rings (SSSR count). The van der Waals surface area contributed by atoms with E-state index < -0.39 is 17.6 Å². The zero-order chi connectivity index (χ0) is 15.2. The van der Waals surface area contributed by atoms with Gasteiger partial charge in [-0.2, -0.15) is 0 Å². The summed E-state index contributed by atoms with van der Waals surface area (Å²) >= 11 is 0. The minimum absolute atomic E-state index is 0.0479. The van der Waals surface area contributed by atoms with Crippen LogP contribution in [0.1, 0.15) is 31.1 Å². The highest BCUT2D eigenvalue weighted by Gasteiger charge is 2.19. The Morgan fingerprint density at radius 3 is 2.55 bits per heavy atom. The van der Waals surface area contributed by atoms with Crippen molar-refractivity contribution in [1.82, 2.24) is 5.32 Å². The van der Waals surface area contributed by atoms with Crippen molar-refractivity contribution in [3.63, 3.8) is 0 Å². The van der Waals surface area contributed by atoms with Crippen LogP contribution in [0.2, 0.25) is 0 Å². The molecular formula is C14H20N2O4. The Bertz CT molecular complexity index is 486. The van der Waals surface area contributed by atoms with Gasteiger partial charge in [0.1, 0.15) is 0 Å². The maximum Gasteiger partial charge on any atom is 0.337 e. The van der Waals surface area contributed by atoms with Gasteiger partial charge < -0.3 is 20.5 Å². The van der Waals surface area contributed by atoms with Gasteiger partial charge in [0.25, 0.3) is 0 Å². The van der Waals surface area contributed by atoms with E-state index in [0.29, 0.717) is 13.2 Å². The topological polar surface area (TPSA) is 87.7 Å². The van der Waals surface area contributed by atoms with Crippen LogP contribution in [0.3, 0.4) is 0 Å². The number of hydrogen-bond acceptors (Lipinski definition) is 3. The van der Waals surface area contributed by atoms with Crippen molar-refractivity contribution in [2.24, 2.45) is 0 Å². The smallest absolute Gasteiger partial charge is 0.337 e. The van der Waals surface area contributed by atoms with E-state index in [9.17, 15) is 9.59 Å². The van der Waals surface area contributed by atoms with E-state index >= 15 is 0 Å². The number of para-hydroxylation sites is 1. The Hall–Kier alpha value is -2.08. The average Bonchev–Trinajstić information content (AvgIpc) is 2.37. The van der Waals surface area contributed by atoms with Crippen molar-refractivity contribution in [2.75, 3.05) is 18.5 Å². The first-order chi connectivity index (χ1) is 9.35. The Balaban J connectivity index is 2.61. The van der Waals surface area contributed by atoms with Crippen LogP contribution in [0.25, 0.3) is 0 Å². The molecule has 0 saturated heterocycles. The van der Waals surface area contributed by atoms with Gasteiger partial charge >= 0.3 is 12.0 Å². The summed E-state index contributed by atoms with van der Waals surface area (Å²) < 4.78 is 5.46. The largest absolute Gasteiger partial charge is 0.478 e. The molecule has 0 aliphatic heterocycles. The summed E-state index contributed by atoms with van der Waals surface area (Å²) in [5.41, 5.74) is -0.170. The van der Waals surface area contributed by atoms with E-state index in [1.54, 1.807) is 12.1 Å². The fraction of sp³-hybridized carbons (Fsp3) is 0.429. The number of amides is 2. The predicted octanol–water partition coefficient (Wildman–Crippen LogP) is 2.32. The Morgan fingerprint density at radius 2 is 1.95 bits per heavy atom. The summed E-state index contributed by atoms with van der Waals surface area (Å²) in [6, 6.07) is 5.77. The number of aromatic carboxylic acids is 1. The van der Waals surface area contributed by atoms with Crippen molar-refractivity contribution in [3.05, 3.63) is 29.8 Å². The van der Waals surface area contributed by atoms with Crippen LogP contribution in [0.15, 0.2) is 24.3 Å². The van der Waals surface area contributed by atoms with Crippen LogP contribution in [0.4, 0.5) is 10.5 Å². The van der Waals surface area contributed by atoms with E-state index in [1.807, 2.05) is 20.8 Å². The molecule has 0 aliphatic carbocycles. The van der Waals surface area contributed by atoms with E-state index in [0.717, 1.165) is 0 Å². The van der Waals surface area contributed by atoms with Gasteiger partial charge in [-0.3, -0.25) is 0 Å². The molecule has 110 valence electrons. The maximum absolute atomic E-state index is 11.8. The molecule has 0 aliphatic rings. The van der Waals surface area contributed by atoms with Gasteiger partial charge in [0.05, 0.1) is 16.9 Å². The zero-order valence-electron chi connectivity index (χ0n) is 11.9. The predicted molar refractivity (Wildman–Crippen MR) is 76.1 cm³/mol. The molecule has 6 heteroatoms. The zero-order valence-corrected chi connectivity index (χ0v) is 11.9. The van der Waals surface area contributed by atoms with Gasteiger partial charge in [-0.25, -0.2) is 9.59 Å². The first-order valence-corrected chi connectivity index (χ1v) is 6.37. The van der Waals surface area contributed by atoms with Crippen molar-refractivity contribution in [3.8, 4) is 0 Å². The summed E-state index contributed by atoms with van der Waals surface area (Å²) in [5, 5.41) is 14.2. The third kappa shape index (κ3) is 4.89. The van der Waals surface area contributed by atoms with Crippen LogP contribution in [0.5, 0.6) is 0 Å². The third-order valence-corrected chi connectivity index (χ3v) is 2.62. The van der Waals surface area contributed by atoms with Gasteiger partial charge in [-0.15, -0.1) is 0 Å². The molecule has 0 radical (unpaired) electrons. The Kier molecular flexibility index (Phi) is 5.52. The molecule has 3 N–H and O–H groups in total. The van der Waals surface area contributed by atoms with Crippen molar-refractivity contribution >= 4 is 17.7 Å². The molecular weight excluding hydrogens is 260 g/mol. The average molecular weight is 280 g/mol. The quantitative estimate of drug-likeness (QED) is 0.746. The number of carbonyl (C=O) groups excluding carboxylic acids is 1. The summed E-state index contributed by atoms with van der Waals surface area (Å²) in [6.07, 6.45) is 0. The number of rotatable bonds is 6. The molecule has 0 bridgehead atoms. The minimum atomic E-state index is -1.09. The lowest BCUT2D eigenvalue weighted by Gasteiger charge is -2.25. The minimum Gasteiger partial charge on any atom is -0.478 e. The summed E-state index contributed by atoms with van der Waals surface area (Å²) in [6.45, 7) is 6.48. The molecule has 6 nitrogen and oxygen atoms in total. The number of benzene rings is 1. The molecule has 2 amide bonds. The number of urea groups is 1. The lowest BCUT2D eigenvalue weighted by atomic mass is 10.1. The molecule has 0 aromatic heterocycles. The molecule has 0 heterocycles. The van der Waals surface area contributed by atoms with Gasteiger partial charge in [0, 0.05) is 13.2 Å². The van der Waals surface area contributed by atoms with Crippen molar-refractivity contribution in [1.29, 1.82) is 0 Å². The standard InChI is InChI=1S/C14H20N2O4/c1-4-20-14(2,3)9-15-13(19)16-11-8-6-5-7-10(11)12(17)18/h5-8H,4,9H2,1-3H3,(H,17,18)(H2,15,16,19). The highest BCUT2D eigenvalue weighted by Crippen LogP contribution is 2.14. The van der Waals surface area contributed by atoms with Gasteiger partial charge in [-0.1, -0.05) is 12.1 Å². The molecule has 0 spiro atoms. The first kappa shape index (κ1) is 16.0. The Labute approximate surface area is 118 Å². The number of nitrogens with one attached hydrogen (secondary N) is 2. The van der Waals surface area contributed by atoms with E-state index in [4.69, 9.17) is 9.84 Å². The van der Waals surface area contributed by atoms with E-state index in [-0.39, 0.29) is 11.3 Å². The molecule has 0 unspecified atom stereocenters.